The number of likely N-dealkylation sites (tertiary alicyclic amines) is 1. The van der Waals surface area contributed by atoms with Crippen LogP contribution in [0.15, 0.2) is 42.5 Å². The summed E-state index contributed by atoms with van der Waals surface area (Å²) in [4.78, 5) is 13.9. The van der Waals surface area contributed by atoms with Crippen molar-refractivity contribution in [2.75, 3.05) is 33.9 Å². The van der Waals surface area contributed by atoms with Crippen molar-refractivity contribution in [3.8, 4) is 17.2 Å². The molecule has 0 spiro atoms. The average molecular weight is 399 g/mol. The third-order valence-corrected chi connectivity index (χ3v) is 5.40. The highest BCUT2D eigenvalue weighted by Crippen LogP contribution is 2.40. The quantitative estimate of drug-likeness (QED) is 0.724. The molecule has 1 fully saturated rings. The van der Waals surface area contributed by atoms with Crippen LogP contribution >= 0.6 is 0 Å². The monoisotopic (exact) mass is 399 g/mol. The van der Waals surface area contributed by atoms with Crippen molar-refractivity contribution in [1.82, 2.24) is 4.90 Å². The van der Waals surface area contributed by atoms with Crippen LogP contribution in [-0.2, 0) is 4.79 Å². The predicted molar refractivity (Wildman–Crippen MR) is 111 cm³/mol. The summed E-state index contributed by atoms with van der Waals surface area (Å²) in [6.45, 7) is 3.78. The van der Waals surface area contributed by atoms with E-state index < -0.39 is 5.97 Å². The molecule has 0 aromatic heterocycles. The molecule has 2 aromatic carbocycles. The number of aliphatic carboxylic acids is 1. The number of ether oxygens (including phenoxy) is 3. The molecule has 1 aliphatic heterocycles. The molecule has 1 aliphatic rings. The largest absolute Gasteiger partial charge is 0.496 e. The molecular weight excluding hydrogens is 370 g/mol. The normalized spacial score (nSPS) is 18.1. The molecule has 0 radical (unpaired) electrons. The smallest absolute Gasteiger partial charge is 0.307 e. The van der Waals surface area contributed by atoms with Gasteiger partial charge in [0, 0.05) is 12.1 Å². The first-order valence-electron chi connectivity index (χ1n) is 9.99. The SMILES string of the molecule is CCOc1cc(C(c2ccccc2OC)N2CCCC(C(=O)O)C2)ccc1OC. The Morgan fingerprint density at radius 3 is 2.59 bits per heavy atom. The van der Waals surface area contributed by atoms with Gasteiger partial charge in [-0.2, -0.15) is 0 Å². The summed E-state index contributed by atoms with van der Waals surface area (Å²) in [6.07, 6.45) is 1.55. The number of nitrogens with zero attached hydrogens (tertiary/aromatic N) is 1. The fourth-order valence-electron chi connectivity index (χ4n) is 4.05. The van der Waals surface area contributed by atoms with Crippen LogP contribution in [0, 0.1) is 5.92 Å². The summed E-state index contributed by atoms with van der Waals surface area (Å²) in [5.74, 6) is 1.03. The molecule has 2 unspecified atom stereocenters. The Kier molecular flexibility index (Phi) is 6.99. The minimum atomic E-state index is -0.738. The third kappa shape index (κ3) is 4.65. The molecule has 0 saturated carbocycles. The van der Waals surface area contributed by atoms with Gasteiger partial charge < -0.3 is 19.3 Å². The number of methoxy groups -OCH3 is 2. The van der Waals surface area contributed by atoms with Crippen molar-refractivity contribution in [3.05, 3.63) is 53.6 Å². The Morgan fingerprint density at radius 1 is 1.14 bits per heavy atom. The number of carbonyl (C=O) groups is 1. The zero-order chi connectivity index (χ0) is 20.8. The van der Waals surface area contributed by atoms with E-state index in [-0.39, 0.29) is 12.0 Å². The topological polar surface area (TPSA) is 68.2 Å². The van der Waals surface area contributed by atoms with Crippen molar-refractivity contribution in [3.63, 3.8) is 0 Å². The molecular formula is C23H29NO5. The van der Waals surface area contributed by atoms with Gasteiger partial charge in [0.05, 0.1) is 32.8 Å². The second-order valence-corrected chi connectivity index (χ2v) is 7.16. The molecule has 1 N–H and O–H groups in total. The minimum Gasteiger partial charge on any atom is -0.496 e. The summed E-state index contributed by atoms with van der Waals surface area (Å²) in [7, 11) is 3.28. The van der Waals surface area contributed by atoms with E-state index in [1.807, 2.05) is 49.4 Å². The number of hydrogen-bond acceptors (Lipinski definition) is 5. The third-order valence-electron chi connectivity index (χ3n) is 5.40. The molecule has 1 saturated heterocycles. The van der Waals surface area contributed by atoms with Gasteiger partial charge in [-0.1, -0.05) is 24.3 Å². The number of hydrogen-bond donors (Lipinski definition) is 1. The van der Waals surface area contributed by atoms with E-state index in [1.165, 1.54) is 0 Å². The second kappa shape index (κ2) is 9.65. The van der Waals surface area contributed by atoms with Crippen LogP contribution in [0.4, 0.5) is 0 Å². The number of piperidine rings is 1. The van der Waals surface area contributed by atoms with Gasteiger partial charge in [-0.05, 0) is 50.1 Å². The second-order valence-electron chi connectivity index (χ2n) is 7.16. The fourth-order valence-corrected chi connectivity index (χ4v) is 4.05. The van der Waals surface area contributed by atoms with Crippen LogP contribution in [-0.4, -0.2) is 49.9 Å². The molecule has 2 aromatic rings. The predicted octanol–water partition coefficient (Wildman–Crippen LogP) is 3.99. The molecule has 1 heterocycles. The summed E-state index contributed by atoms with van der Waals surface area (Å²) in [5.41, 5.74) is 2.03. The first-order valence-corrected chi connectivity index (χ1v) is 9.99. The van der Waals surface area contributed by atoms with E-state index in [0.717, 1.165) is 29.8 Å². The van der Waals surface area contributed by atoms with E-state index in [2.05, 4.69) is 4.90 Å². The van der Waals surface area contributed by atoms with Gasteiger partial charge in [0.15, 0.2) is 11.5 Å². The van der Waals surface area contributed by atoms with Crippen molar-refractivity contribution in [2.24, 2.45) is 5.92 Å². The van der Waals surface area contributed by atoms with E-state index in [0.29, 0.717) is 31.1 Å². The molecule has 6 nitrogen and oxygen atoms in total. The van der Waals surface area contributed by atoms with Gasteiger partial charge in [0.25, 0.3) is 0 Å². The van der Waals surface area contributed by atoms with Crippen molar-refractivity contribution >= 4 is 5.97 Å². The Bertz CT molecular complexity index is 838. The Balaban J connectivity index is 2.08. The van der Waals surface area contributed by atoms with Gasteiger partial charge in [-0.15, -0.1) is 0 Å². The van der Waals surface area contributed by atoms with Crippen LogP contribution < -0.4 is 14.2 Å². The van der Waals surface area contributed by atoms with Gasteiger partial charge in [0.2, 0.25) is 0 Å². The Hall–Kier alpha value is -2.73. The lowest BCUT2D eigenvalue weighted by atomic mass is 9.91. The lowest BCUT2D eigenvalue weighted by molar-refractivity contribution is -0.143. The van der Waals surface area contributed by atoms with Gasteiger partial charge in [-0.3, -0.25) is 9.69 Å². The van der Waals surface area contributed by atoms with Crippen molar-refractivity contribution in [2.45, 2.75) is 25.8 Å². The van der Waals surface area contributed by atoms with Crippen LogP contribution in [0.3, 0.4) is 0 Å². The van der Waals surface area contributed by atoms with E-state index in [9.17, 15) is 9.90 Å². The maximum absolute atomic E-state index is 11.7. The standard InChI is InChI=1S/C23H29NO5/c1-4-29-21-14-16(11-12-20(21)28-3)22(18-9-5-6-10-19(18)27-2)24-13-7-8-17(15-24)23(25)26/h5-6,9-12,14,17,22H,4,7-8,13,15H2,1-3H3,(H,25,26). The van der Waals surface area contributed by atoms with Crippen molar-refractivity contribution < 1.29 is 24.1 Å². The van der Waals surface area contributed by atoms with Crippen molar-refractivity contribution in [1.29, 1.82) is 0 Å². The summed E-state index contributed by atoms with van der Waals surface area (Å²) >= 11 is 0. The molecule has 2 atom stereocenters. The van der Waals surface area contributed by atoms with E-state index in [1.54, 1.807) is 14.2 Å². The zero-order valence-corrected chi connectivity index (χ0v) is 17.3. The Morgan fingerprint density at radius 2 is 1.90 bits per heavy atom. The first-order chi connectivity index (χ1) is 14.1. The van der Waals surface area contributed by atoms with Crippen LogP contribution in [0.2, 0.25) is 0 Å². The highest BCUT2D eigenvalue weighted by Gasteiger charge is 2.33. The molecule has 6 heteroatoms. The number of para-hydroxylation sites is 1. The number of benzene rings is 2. The maximum atomic E-state index is 11.7. The highest BCUT2D eigenvalue weighted by atomic mass is 16.5. The van der Waals surface area contributed by atoms with E-state index in [4.69, 9.17) is 14.2 Å². The molecule has 0 bridgehead atoms. The number of carboxylic acids is 1. The summed E-state index contributed by atoms with van der Waals surface area (Å²) in [6, 6.07) is 13.7. The average Bonchev–Trinajstić information content (AvgIpc) is 2.75. The first kappa shape index (κ1) is 21.0. The lowest BCUT2D eigenvalue weighted by Crippen LogP contribution is -2.41. The van der Waals surface area contributed by atoms with Crippen LogP contribution in [0.25, 0.3) is 0 Å². The summed E-state index contributed by atoms with van der Waals surface area (Å²) in [5, 5.41) is 9.57. The molecule has 0 aliphatic carbocycles. The highest BCUT2D eigenvalue weighted by molar-refractivity contribution is 5.70. The summed E-state index contributed by atoms with van der Waals surface area (Å²) < 4.78 is 16.9. The van der Waals surface area contributed by atoms with Gasteiger partial charge in [0.1, 0.15) is 5.75 Å². The van der Waals surface area contributed by atoms with Gasteiger partial charge in [-0.25, -0.2) is 0 Å². The molecule has 3 rings (SSSR count). The zero-order valence-electron chi connectivity index (χ0n) is 17.3. The Labute approximate surface area is 172 Å². The molecule has 156 valence electrons. The number of rotatable bonds is 8. The lowest BCUT2D eigenvalue weighted by Gasteiger charge is -2.38. The fraction of sp³-hybridized carbons (Fsp3) is 0.435. The van der Waals surface area contributed by atoms with Gasteiger partial charge >= 0.3 is 5.97 Å². The van der Waals surface area contributed by atoms with Crippen LogP contribution in [0.1, 0.15) is 36.9 Å². The minimum absolute atomic E-state index is 0.140. The van der Waals surface area contributed by atoms with Crippen LogP contribution in [0.5, 0.6) is 17.2 Å². The molecule has 29 heavy (non-hydrogen) atoms. The molecule has 0 amide bonds. The maximum Gasteiger partial charge on any atom is 0.307 e. The number of carboxylic acid groups (broad SMARTS) is 1. The van der Waals surface area contributed by atoms with E-state index >= 15 is 0 Å².